The summed E-state index contributed by atoms with van der Waals surface area (Å²) in [5.41, 5.74) is 1.37. The standard InChI is InChI=1S/C23H25NO5S/c1-3-14-29-17-11-9-16(10-12-17)20-21(30-15-13-25)23(27)24(22(20)26)18-7-5-6-8-19(18)28-4-2/h5-12,25H,3-4,13-15H2,1-2H3. The van der Waals surface area contributed by atoms with E-state index in [1.54, 1.807) is 48.5 Å². The van der Waals surface area contributed by atoms with Gasteiger partial charge in [0.15, 0.2) is 0 Å². The van der Waals surface area contributed by atoms with Crippen molar-refractivity contribution in [3.05, 3.63) is 59.0 Å². The van der Waals surface area contributed by atoms with Gasteiger partial charge in [-0.2, -0.15) is 0 Å². The van der Waals surface area contributed by atoms with Crippen molar-refractivity contribution in [1.82, 2.24) is 0 Å². The molecule has 0 radical (unpaired) electrons. The molecule has 3 rings (SSSR count). The summed E-state index contributed by atoms with van der Waals surface area (Å²) < 4.78 is 11.2. The third-order valence-corrected chi connectivity index (χ3v) is 5.46. The van der Waals surface area contributed by atoms with E-state index in [0.29, 0.717) is 52.2 Å². The second-order valence-corrected chi connectivity index (χ2v) is 7.60. The van der Waals surface area contributed by atoms with Gasteiger partial charge in [-0.15, -0.1) is 11.8 Å². The Morgan fingerprint density at radius 2 is 1.70 bits per heavy atom. The van der Waals surface area contributed by atoms with E-state index in [1.807, 2.05) is 13.8 Å². The number of nitrogens with zero attached hydrogens (tertiary/aromatic N) is 1. The first-order valence-corrected chi connectivity index (χ1v) is 10.9. The SMILES string of the molecule is CCCOc1ccc(C2=C(SCCO)C(=O)N(c3ccccc3OCC)C2=O)cc1. The zero-order valence-corrected chi connectivity index (χ0v) is 17.9. The van der Waals surface area contributed by atoms with Gasteiger partial charge in [-0.25, -0.2) is 4.90 Å². The maximum atomic E-state index is 13.4. The maximum Gasteiger partial charge on any atom is 0.272 e. The summed E-state index contributed by atoms with van der Waals surface area (Å²) >= 11 is 1.18. The highest BCUT2D eigenvalue weighted by Crippen LogP contribution is 2.41. The number of ether oxygens (including phenoxy) is 2. The van der Waals surface area contributed by atoms with E-state index < -0.39 is 11.8 Å². The largest absolute Gasteiger partial charge is 0.494 e. The number of hydrogen-bond donors (Lipinski definition) is 1. The monoisotopic (exact) mass is 427 g/mol. The molecule has 6 nitrogen and oxygen atoms in total. The van der Waals surface area contributed by atoms with Gasteiger partial charge in [0, 0.05) is 5.75 Å². The molecule has 0 spiro atoms. The summed E-state index contributed by atoms with van der Waals surface area (Å²) in [5.74, 6) is 0.678. The smallest absolute Gasteiger partial charge is 0.272 e. The second kappa shape index (κ2) is 10.3. The molecule has 2 aromatic carbocycles. The van der Waals surface area contributed by atoms with E-state index in [4.69, 9.17) is 9.47 Å². The molecule has 0 saturated heterocycles. The number of thioether (sulfide) groups is 1. The van der Waals surface area contributed by atoms with Crippen LogP contribution in [0.15, 0.2) is 53.4 Å². The Balaban J connectivity index is 2.00. The van der Waals surface area contributed by atoms with E-state index >= 15 is 0 Å². The Morgan fingerprint density at radius 3 is 2.37 bits per heavy atom. The lowest BCUT2D eigenvalue weighted by Crippen LogP contribution is -2.31. The summed E-state index contributed by atoms with van der Waals surface area (Å²) in [6.07, 6.45) is 0.899. The number of carbonyl (C=O) groups is 2. The molecule has 0 saturated carbocycles. The molecule has 158 valence electrons. The lowest BCUT2D eigenvalue weighted by atomic mass is 10.1. The number of carbonyl (C=O) groups excluding carboxylic acids is 2. The van der Waals surface area contributed by atoms with E-state index in [-0.39, 0.29) is 6.61 Å². The third kappa shape index (κ3) is 4.52. The van der Waals surface area contributed by atoms with Crippen LogP contribution in [0.25, 0.3) is 5.57 Å². The van der Waals surface area contributed by atoms with Gasteiger partial charge in [-0.05, 0) is 43.2 Å². The van der Waals surface area contributed by atoms with Crippen molar-refractivity contribution in [1.29, 1.82) is 0 Å². The molecule has 0 fully saturated rings. The molecule has 0 aliphatic carbocycles. The van der Waals surface area contributed by atoms with Crippen LogP contribution < -0.4 is 14.4 Å². The molecular formula is C23H25NO5S. The molecule has 2 aromatic rings. The summed E-state index contributed by atoms with van der Waals surface area (Å²) in [4.78, 5) is 28.1. The van der Waals surface area contributed by atoms with Crippen molar-refractivity contribution in [2.45, 2.75) is 20.3 Å². The number of imide groups is 1. The molecule has 1 N–H and O–H groups in total. The predicted molar refractivity (Wildman–Crippen MR) is 119 cm³/mol. The average molecular weight is 428 g/mol. The van der Waals surface area contributed by atoms with Gasteiger partial charge < -0.3 is 14.6 Å². The number of amides is 2. The number of aliphatic hydroxyl groups is 1. The number of anilines is 1. The quantitative estimate of drug-likeness (QED) is 0.580. The van der Waals surface area contributed by atoms with Gasteiger partial charge in [0.25, 0.3) is 11.8 Å². The molecule has 1 aliphatic heterocycles. The van der Waals surface area contributed by atoms with Crippen LogP contribution in [-0.4, -0.2) is 42.5 Å². The van der Waals surface area contributed by atoms with E-state index in [9.17, 15) is 14.7 Å². The minimum atomic E-state index is -0.410. The highest BCUT2D eigenvalue weighted by Gasteiger charge is 2.41. The third-order valence-electron chi connectivity index (χ3n) is 4.40. The first-order chi connectivity index (χ1) is 14.6. The number of para-hydroxylation sites is 2. The topological polar surface area (TPSA) is 76.1 Å². The molecule has 1 aliphatic rings. The lowest BCUT2D eigenvalue weighted by Gasteiger charge is -2.18. The van der Waals surface area contributed by atoms with E-state index in [2.05, 4.69) is 0 Å². The van der Waals surface area contributed by atoms with Crippen molar-refractivity contribution in [3.8, 4) is 11.5 Å². The highest BCUT2D eigenvalue weighted by molar-refractivity contribution is 8.04. The number of hydrogen-bond acceptors (Lipinski definition) is 6. The minimum Gasteiger partial charge on any atom is -0.494 e. The molecule has 0 atom stereocenters. The van der Waals surface area contributed by atoms with Crippen LogP contribution in [0.4, 0.5) is 5.69 Å². The molecule has 0 unspecified atom stereocenters. The van der Waals surface area contributed by atoms with Gasteiger partial charge in [0.1, 0.15) is 11.5 Å². The molecular weight excluding hydrogens is 402 g/mol. The van der Waals surface area contributed by atoms with Gasteiger partial charge in [0.05, 0.1) is 36.0 Å². The fourth-order valence-corrected chi connectivity index (χ4v) is 3.98. The molecule has 0 aromatic heterocycles. The van der Waals surface area contributed by atoms with Crippen LogP contribution in [0.1, 0.15) is 25.8 Å². The lowest BCUT2D eigenvalue weighted by molar-refractivity contribution is -0.119. The van der Waals surface area contributed by atoms with Crippen LogP contribution in [0.2, 0.25) is 0 Å². The van der Waals surface area contributed by atoms with Crippen molar-refractivity contribution >= 4 is 34.8 Å². The Morgan fingerprint density at radius 1 is 0.967 bits per heavy atom. The molecule has 2 amide bonds. The Kier molecular flexibility index (Phi) is 7.54. The number of benzene rings is 2. The Bertz CT molecular complexity index is 939. The van der Waals surface area contributed by atoms with Crippen molar-refractivity contribution < 1.29 is 24.2 Å². The van der Waals surface area contributed by atoms with Crippen LogP contribution in [0.5, 0.6) is 11.5 Å². The normalized spacial score (nSPS) is 13.9. The summed E-state index contributed by atoms with van der Waals surface area (Å²) in [6, 6.07) is 14.1. The fourth-order valence-electron chi connectivity index (χ4n) is 3.12. The van der Waals surface area contributed by atoms with Gasteiger partial charge in [-0.1, -0.05) is 31.2 Å². The van der Waals surface area contributed by atoms with Gasteiger partial charge in [0.2, 0.25) is 0 Å². The molecule has 0 bridgehead atoms. The average Bonchev–Trinajstić information content (AvgIpc) is 3.01. The predicted octanol–water partition coefficient (Wildman–Crippen LogP) is 3.88. The Labute approximate surface area is 180 Å². The zero-order valence-electron chi connectivity index (χ0n) is 17.1. The number of rotatable bonds is 10. The van der Waals surface area contributed by atoms with Gasteiger partial charge >= 0.3 is 0 Å². The maximum absolute atomic E-state index is 13.4. The molecule has 30 heavy (non-hydrogen) atoms. The molecule has 1 heterocycles. The van der Waals surface area contributed by atoms with Crippen LogP contribution in [0.3, 0.4) is 0 Å². The highest BCUT2D eigenvalue weighted by atomic mass is 32.2. The van der Waals surface area contributed by atoms with Crippen molar-refractivity contribution in [2.24, 2.45) is 0 Å². The van der Waals surface area contributed by atoms with E-state index in [0.717, 1.165) is 11.3 Å². The first-order valence-electron chi connectivity index (χ1n) is 9.94. The number of aliphatic hydroxyl groups excluding tert-OH is 1. The minimum absolute atomic E-state index is 0.0950. The van der Waals surface area contributed by atoms with Crippen LogP contribution in [0, 0.1) is 0 Å². The van der Waals surface area contributed by atoms with E-state index in [1.165, 1.54) is 11.8 Å². The van der Waals surface area contributed by atoms with Crippen LogP contribution in [-0.2, 0) is 9.59 Å². The second-order valence-electron chi connectivity index (χ2n) is 6.50. The van der Waals surface area contributed by atoms with Gasteiger partial charge in [-0.3, -0.25) is 9.59 Å². The van der Waals surface area contributed by atoms with Crippen molar-refractivity contribution in [3.63, 3.8) is 0 Å². The van der Waals surface area contributed by atoms with Crippen LogP contribution >= 0.6 is 11.8 Å². The first kappa shape index (κ1) is 21.9. The van der Waals surface area contributed by atoms with Crippen molar-refractivity contribution in [2.75, 3.05) is 30.5 Å². The summed E-state index contributed by atoms with van der Waals surface area (Å²) in [6.45, 7) is 4.81. The molecule has 7 heteroatoms. The fraction of sp³-hybridized carbons (Fsp3) is 0.304. The summed E-state index contributed by atoms with van der Waals surface area (Å²) in [5, 5.41) is 9.26. The zero-order chi connectivity index (χ0) is 21.5. The Hall–Kier alpha value is -2.77. The summed E-state index contributed by atoms with van der Waals surface area (Å²) in [7, 11) is 0.